The highest BCUT2D eigenvalue weighted by Gasteiger charge is 2.40. The van der Waals surface area contributed by atoms with E-state index in [1.807, 2.05) is 30.0 Å². The fourth-order valence-corrected chi connectivity index (χ4v) is 4.36. The van der Waals surface area contributed by atoms with Gasteiger partial charge in [-0.25, -0.2) is 0 Å². The minimum Gasteiger partial charge on any atom is -0.497 e. The zero-order valence-electron chi connectivity index (χ0n) is 17.7. The second kappa shape index (κ2) is 11.1. The lowest BCUT2D eigenvalue weighted by atomic mass is 9.74. The number of nitrogens with two attached hydrogens (primary N) is 1. The van der Waals surface area contributed by atoms with Crippen LogP contribution in [0.4, 0.5) is 5.69 Å². The summed E-state index contributed by atoms with van der Waals surface area (Å²) in [6.45, 7) is 5.27. The number of hydrogen-bond acceptors (Lipinski definition) is 5. The first-order chi connectivity index (χ1) is 12.9. The van der Waals surface area contributed by atoms with Gasteiger partial charge in [0.2, 0.25) is 5.91 Å². The summed E-state index contributed by atoms with van der Waals surface area (Å²) >= 11 is 0. The Morgan fingerprint density at radius 1 is 1.00 bits per heavy atom. The number of ether oxygens (including phenoxy) is 2. The highest BCUT2D eigenvalue weighted by atomic mass is 35.5. The van der Waals surface area contributed by atoms with E-state index in [0.29, 0.717) is 0 Å². The van der Waals surface area contributed by atoms with Crippen LogP contribution in [0.15, 0.2) is 18.2 Å². The minimum atomic E-state index is -0.374. The summed E-state index contributed by atoms with van der Waals surface area (Å²) in [5.74, 6) is 1.75. The maximum Gasteiger partial charge on any atom is 0.227 e. The van der Waals surface area contributed by atoms with Crippen LogP contribution in [0, 0.1) is 5.92 Å². The Labute approximate surface area is 186 Å². The molecule has 29 heavy (non-hydrogen) atoms. The van der Waals surface area contributed by atoms with Crippen LogP contribution in [-0.2, 0) is 4.79 Å². The average Bonchev–Trinajstić information content (AvgIpc) is 2.93. The fourth-order valence-electron chi connectivity index (χ4n) is 4.36. The molecule has 1 aromatic rings. The van der Waals surface area contributed by atoms with Crippen LogP contribution in [0.2, 0.25) is 0 Å². The van der Waals surface area contributed by atoms with Crippen molar-refractivity contribution in [3.63, 3.8) is 0 Å². The van der Waals surface area contributed by atoms with Gasteiger partial charge in [-0.1, -0.05) is 12.8 Å². The first-order valence-electron chi connectivity index (χ1n) is 10.0. The van der Waals surface area contributed by atoms with E-state index in [0.717, 1.165) is 75.5 Å². The molecule has 0 bridgehead atoms. The summed E-state index contributed by atoms with van der Waals surface area (Å²) in [5.41, 5.74) is 7.16. The molecule has 0 aromatic heterocycles. The normalized spacial score (nSPS) is 24.6. The number of nitrogens with zero attached hydrogens (tertiary/aromatic N) is 2. The molecule has 2 atom stereocenters. The van der Waals surface area contributed by atoms with Crippen LogP contribution in [0.3, 0.4) is 0 Å². The van der Waals surface area contributed by atoms with Gasteiger partial charge >= 0.3 is 0 Å². The van der Waals surface area contributed by atoms with Crippen molar-refractivity contribution in [2.24, 2.45) is 11.7 Å². The molecule has 2 fully saturated rings. The molecular formula is C21H35Cl2N3O3. The number of methoxy groups -OCH3 is 2. The molecule has 1 aliphatic carbocycles. The van der Waals surface area contributed by atoms with Gasteiger partial charge in [0.05, 0.1) is 20.1 Å². The minimum absolute atomic E-state index is 0. The van der Waals surface area contributed by atoms with Gasteiger partial charge in [-0.3, -0.25) is 4.79 Å². The molecule has 6 nitrogen and oxygen atoms in total. The topological polar surface area (TPSA) is 68.0 Å². The van der Waals surface area contributed by atoms with Crippen LogP contribution in [0.5, 0.6) is 11.5 Å². The molecule has 1 saturated carbocycles. The smallest absolute Gasteiger partial charge is 0.227 e. The SMILES string of the molecule is COc1cc(OC)cc(N2CCCN(C(=O)C3CCCCC3(C)N)CC2)c1.Cl.Cl. The van der Waals surface area contributed by atoms with Crippen molar-refractivity contribution in [3.05, 3.63) is 18.2 Å². The van der Waals surface area contributed by atoms with Gasteiger partial charge in [-0.05, 0) is 26.2 Å². The van der Waals surface area contributed by atoms with Crippen molar-refractivity contribution in [1.82, 2.24) is 4.90 Å². The number of halogens is 2. The second-order valence-electron chi connectivity index (χ2n) is 8.04. The lowest BCUT2D eigenvalue weighted by Crippen LogP contribution is -2.54. The Hall–Kier alpha value is -1.37. The zero-order valence-corrected chi connectivity index (χ0v) is 19.3. The maximum absolute atomic E-state index is 13.2. The number of carbonyl (C=O) groups excluding carboxylic acids is 1. The summed E-state index contributed by atoms with van der Waals surface area (Å²) in [4.78, 5) is 17.5. The first-order valence-corrected chi connectivity index (χ1v) is 10.0. The Morgan fingerprint density at radius 3 is 2.24 bits per heavy atom. The van der Waals surface area contributed by atoms with Gasteiger partial charge < -0.3 is 25.0 Å². The van der Waals surface area contributed by atoms with Gasteiger partial charge in [-0.15, -0.1) is 24.8 Å². The standard InChI is InChI=1S/C21H33N3O3.2ClH/c1-21(22)8-5-4-7-19(21)20(25)24-10-6-9-23(11-12-24)16-13-17(26-2)15-18(14-16)27-3;;/h13-15,19H,4-12,22H2,1-3H3;2*1H. The third kappa shape index (κ3) is 6.06. The average molecular weight is 448 g/mol. The molecule has 3 rings (SSSR count). The highest BCUT2D eigenvalue weighted by molar-refractivity contribution is 5.85. The lowest BCUT2D eigenvalue weighted by Gasteiger charge is -2.39. The molecule has 0 spiro atoms. The number of rotatable bonds is 4. The van der Waals surface area contributed by atoms with Crippen LogP contribution < -0.4 is 20.1 Å². The number of anilines is 1. The molecular weight excluding hydrogens is 413 g/mol. The van der Waals surface area contributed by atoms with Gasteiger partial charge in [0.15, 0.2) is 0 Å². The molecule has 8 heteroatoms. The van der Waals surface area contributed by atoms with Crippen LogP contribution in [-0.4, -0.2) is 56.7 Å². The largest absolute Gasteiger partial charge is 0.497 e. The predicted octanol–water partition coefficient (Wildman–Crippen LogP) is 3.49. The van der Waals surface area contributed by atoms with Gasteiger partial charge in [-0.2, -0.15) is 0 Å². The molecule has 1 aromatic carbocycles. The summed E-state index contributed by atoms with van der Waals surface area (Å²) < 4.78 is 10.8. The van der Waals surface area contributed by atoms with Crippen molar-refractivity contribution >= 4 is 36.4 Å². The maximum atomic E-state index is 13.2. The lowest BCUT2D eigenvalue weighted by molar-refractivity contribution is -0.138. The molecule has 1 amide bonds. The quantitative estimate of drug-likeness (QED) is 0.764. The Kier molecular flexibility index (Phi) is 9.86. The molecule has 1 heterocycles. The van der Waals surface area contributed by atoms with E-state index in [1.54, 1.807) is 14.2 Å². The van der Waals surface area contributed by atoms with Gasteiger partial charge in [0.1, 0.15) is 11.5 Å². The van der Waals surface area contributed by atoms with Crippen LogP contribution in [0.1, 0.15) is 39.0 Å². The number of amides is 1. The summed E-state index contributed by atoms with van der Waals surface area (Å²) in [5, 5.41) is 0. The highest BCUT2D eigenvalue weighted by Crippen LogP contribution is 2.34. The molecule has 1 saturated heterocycles. The Bertz CT molecular complexity index is 650. The van der Waals surface area contributed by atoms with Crippen molar-refractivity contribution in [3.8, 4) is 11.5 Å². The van der Waals surface area contributed by atoms with E-state index in [9.17, 15) is 4.79 Å². The molecule has 166 valence electrons. The summed E-state index contributed by atoms with van der Waals surface area (Å²) in [7, 11) is 3.32. The van der Waals surface area contributed by atoms with E-state index in [2.05, 4.69) is 4.90 Å². The van der Waals surface area contributed by atoms with Crippen LogP contribution >= 0.6 is 24.8 Å². The van der Waals surface area contributed by atoms with E-state index < -0.39 is 0 Å². The van der Waals surface area contributed by atoms with E-state index in [-0.39, 0.29) is 42.2 Å². The summed E-state index contributed by atoms with van der Waals surface area (Å²) in [6, 6.07) is 5.93. The van der Waals surface area contributed by atoms with Crippen molar-refractivity contribution in [2.75, 3.05) is 45.3 Å². The van der Waals surface area contributed by atoms with Crippen molar-refractivity contribution in [1.29, 1.82) is 0 Å². The van der Waals surface area contributed by atoms with Gasteiger partial charge in [0.25, 0.3) is 0 Å². The third-order valence-corrected chi connectivity index (χ3v) is 6.06. The van der Waals surface area contributed by atoms with E-state index >= 15 is 0 Å². The molecule has 2 aliphatic rings. The number of benzene rings is 1. The van der Waals surface area contributed by atoms with Crippen molar-refractivity contribution in [2.45, 2.75) is 44.6 Å². The van der Waals surface area contributed by atoms with E-state index in [4.69, 9.17) is 15.2 Å². The first kappa shape index (κ1) is 25.7. The third-order valence-electron chi connectivity index (χ3n) is 6.06. The Morgan fingerprint density at radius 2 is 1.66 bits per heavy atom. The molecule has 1 aliphatic heterocycles. The fraction of sp³-hybridized carbons (Fsp3) is 0.667. The number of hydrogen-bond donors (Lipinski definition) is 1. The monoisotopic (exact) mass is 447 g/mol. The molecule has 0 radical (unpaired) electrons. The van der Waals surface area contributed by atoms with Gasteiger partial charge in [0, 0.05) is 55.6 Å². The number of carbonyl (C=O) groups is 1. The Balaban J connectivity index is 0.00000210. The molecule has 2 unspecified atom stereocenters. The van der Waals surface area contributed by atoms with Crippen LogP contribution in [0.25, 0.3) is 0 Å². The van der Waals surface area contributed by atoms with E-state index in [1.165, 1.54) is 0 Å². The van der Waals surface area contributed by atoms with Crippen molar-refractivity contribution < 1.29 is 14.3 Å². The zero-order chi connectivity index (χ0) is 19.4. The predicted molar refractivity (Wildman–Crippen MR) is 122 cm³/mol. The summed E-state index contributed by atoms with van der Waals surface area (Å²) in [6.07, 6.45) is 5.03. The molecule has 2 N–H and O–H groups in total. The second-order valence-corrected chi connectivity index (χ2v) is 8.04.